The molecule has 0 aliphatic heterocycles. The second-order valence-corrected chi connectivity index (χ2v) is 8.24. The van der Waals surface area contributed by atoms with Gasteiger partial charge in [-0.25, -0.2) is 4.79 Å². The molecule has 15 nitrogen and oxygen atoms in total. The van der Waals surface area contributed by atoms with Gasteiger partial charge in [0.05, 0.1) is 6.04 Å². The van der Waals surface area contributed by atoms with Gasteiger partial charge < -0.3 is 43.4 Å². The van der Waals surface area contributed by atoms with Gasteiger partial charge in [0.1, 0.15) is 18.1 Å². The summed E-state index contributed by atoms with van der Waals surface area (Å²) in [5.41, 5.74) is 15.8. The van der Waals surface area contributed by atoms with Crippen molar-refractivity contribution in [3.8, 4) is 0 Å². The first-order chi connectivity index (χ1) is 16.1. The minimum atomic E-state index is -1.44. The highest BCUT2D eigenvalue weighted by molar-refractivity contribution is 5.94. The Labute approximate surface area is 201 Å². The molecule has 198 valence electrons. The molecule has 0 saturated carbocycles. The van der Waals surface area contributed by atoms with Crippen molar-refractivity contribution in [3.05, 3.63) is 0 Å². The molecule has 0 aliphatic rings. The Balaban J connectivity index is 5.47. The minimum absolute atomic E-state index is 0.204. The summed E-state index contributed by atoms with van der Waals surface area (Å²) in [6.07, 6.45) is -1.68. The van der Waals surface area contributed by atoms with Gasteiger partial charge in [0.25, 0.3) is 0 Å². The Bertz CT molecular complexity index is 817. The molecular weight excluding hydrogens is 468 g/mol. The van der Waals surface area contributed by atoms with E-state index in [0.29, 0.717) is 0 Å². The van der Waals surface area contributed by atoms with Gasteiger partial charge in [-0.2, -0.15) is 0 Å². The number of nitrogens with one attached hydrogen (secondary N) is 3. The van der Waals surface area contributed by atoms with E-state index >= 15 is 0 Å². The second kappa shape index (κ2) is 15.2. The molecular formula is C20H34N6O9. The van der Waals surface area contributed by atoms with Gasteiger partial charge >= 0.3 is 11.9 Å². The lowest BCUT2D eigenvalue weighted by Gasteiger charge is -2.27. The first-order valence-corrected chi connectivity index (χ1v) is 10.8. The molecule has 0 saturated heterocycles. The third-order valence-electron chi connectivity index (χ3n) is 4.86. The van der Waals surface area contributed by atoms with Crippen LogP contribution in [0.1, 0.15) is 52.4 Å². The number of hydrogen-bond donors (Lipinski definition) is 8. The molecule has 0 rings (SSSR count). The van der Waals surface area contributed by atoms with E-state index in [-0.39, 0.29) is 38.5 Å². The van der Waals surface area contributed by atoms with Crippen LogP contribution < -0.4 is 33.2 Å². The highest BCUT2D eigenvalue weighted by Gasteiger charge is 2.32. The second-order valence-electron chi connectivity index (χ2n) is 8.24. The summed E-state index contributed by atoms with van der Waals surface area (Å²) in [5.74, 6) is -7.20. The van der Waals surface area contributed by atoms with Crippen molar-refractivity contribution in [2.75, 3.05) is 0 Å². The number of amides is 5. The first-order valence-electron chi connectivity index (χ1n) is 10.8. The maximum atomic E-state index is 12.9. The van der Waals surface area contributed by atoms with Crippen molar-refractivity contribution in [2.45, 2.75) is 76.5 Å². The molecule has 15 heteroatoms. The summed E-state index contributed by atoms with van der Waals surface area (Å²) in [5, 5.41) is 25.0. The van der Waals surface area contributed by atoms with Gasteiger partial charge in [-0.1, -0.05) is 13.8 Å². The lowest BCUT2D eigenvalue weighted by molar-refractivity contribution is -0.143. The number of rotatable bonds is 17. The molecule has 5 amide bonds. The van der Waals surface area contributed by atoms with E-state index in [1.807, 2.05) is 0 Å². The smallest absolute Gasteiger partial charge is 0.326 e. The summed E-state index contributed by atoms with van der Waals surface area (Å²) >= 11 is 0. The van der Waals surface area contributed by atoms with Crippen molar-refractivity contribution in [3.63, 3.8) is 0 Å². The van der Waals surface area contributed by atoms with Crippen LogP contribution in [-0.4, -0.2) is 75.9 Å². The van der Waals surface area contributed by atoms with Crippen LogP contribution in [0.2, 0.25) is 0 Å². The third kappa shape index (κ3) is 12.9. The molecule has 35 heavy (non-hydrogen) atoms. The van der Waals surface area contributed by atoms with Gasteiger partial charge in [-0.05, 0) is 25.2 Å². The molecule has 4 unspecified atom stereocenters. The minimum Gasteiger partial charge on any atom is -0.481 e. The standard InChI is InChI=1S/C20H34N6O9/c1-9(2)16(19(33)25-12(20(34)35)5-7-14(23)28)26-18(32)11(4-6-13(22)27)24-17(31)10(21)3-8-15(29)30/h9-12,16H,3-8,21H2,1-2H3,(H2,22,27)(H2,23,28)(H,24,31)(H,25,33)(H,26,32)(H,29,30)(H,34,35). The molecule has 0 aromatic heterocycles. The van der Waals surface area contributed by atoms with E-state index in [2.05, 4.69) is 16.0 Å². The largest absolute Gasteiger partial charge is 0.481 e. The monoisotopic (exact) mass is 502 g/mol. The summed E-state index contributed by atoms with van der Waals surface area (Å²) in [4.78, 5) is 82.1. The molecule has 0 heterocycles. The number of aliphatic carboxylic acids is 2. The van der Waals surface area contributed by atoms with E-state index in [1.54, 1.807) is 13.8 Å². The topological polar surface area (TPSA) is 274 Å². The van der Waals surface area contributed by atoms with E-state index in [4.69, 9.17) is 22.3 Å². The van der Waals surface area contributed by atoms with E-state index < -0.39 is 71.6 Å². The summed E-state index contributed by atoms with van der Waals surface area (Å²) in [6, 6.07) is -5.27. The van der Waals surface area contributed by atoms with Gasteiger partial charge in [-0.15, -0.1) is 0 Å². The van der Waals surface area contributed by atoms with Crippen LogP contribution in [-0.2, 0) is 33.6 Å². The van der Waals surface area contributed by atoms with Crippen molar-refractivity contribution in [2.24, 2.45) is 23.1 Å². The highest BCUT2D eigenvalue weighted by atomic mass is 16.4. The Morgan fingerprint density at radius 2 is 1.17 bits per heavy atom. The van der Waals surface area contributed by atoms with E-state index in [0.717, 1.165) is 0 Å². The average Bonchev–Trinajstić information content (AvgIpc) is 2.74. The normalized spacial score (nSPS) is 14.2. The number of primary amides is 2. The molecule has 0 spiro atoms. The lowest BCUT2D eigenvalue weighted by Crippen LogP contribution is -2.58. The van der Waals surface area contributed by atoms with Crippen molar-refractivity contribution < 1.29 is 43.8 Å². The fraction of sp³-hybridized carbons (Fsp3) is 0.650. The van der Waals surface area contributed by atoms with Crippen molar-refractivity contribution >= 4 is 41.5 Å². The molecule has 4 atom stereocenters. The molecule has 0 radical (unpaired) electrons. The van der Waals surface area contributed by atoms with Gasteiger partial charge in [0.15, 0.2) is 0 Å². The van der Waals surface area contributed by atoms with E-state index in [9.17, 15) is 38.7 Å². The predicted molar refractivity (Wildman–Crippen MR) is 120 cm³/mol. The van der Waals surface area contributed by atoms with Crippen LogP contribution in [0, 0.1) is 5.92 Å². The van der Waals surface area contributed by atoms with Crippen LogP contribution in [0.15, 0.2) is 0 Å². The summed E-state index contributed by atoms with van der Waals surface area (Å²) in [6.45, 7) is 3.14. The lowest BCUT2D eigenvalue weighted by atomic mass is 10.0. The summed E-state index contributed by atoms with van der Waals surface area (Å²) in [7, 11) is 0. The van der Waals surface area contributed by atoms with Crippen LogP contribution in [0.3, 0.4) is 0 Å². The molecule has 0 aromatic carbocycles. The zero-order chi connectivity index (χ0) is 27.3. The van der Waals surface area contributed by atoms with Crippen LogP contribution in [0.25, 0.3) is 0 Å². The number of carboxylic acid groups (broad SMARTS) is 2. The summed E-state index contributed by atoms with van der Waals surface area (Å²) < 4.78 is 0. The zero-order valence-electron chi connectivity index (χ0n) is 19.6. The number of carbonyl (C=O) groups excluding carboxylic acids is 5. The number of hydrogen-bond acceptors (Lipinski definition) is 8. The quantitative estimate of drug-likeness (QED) is 0.0991. The van der Waals surface area contributed by atoms with Crippen LogP contribution >= 0.6 is 0 Å². The zero-order valence-corrected chi connectivity index (χ0v) is 19.6. The maximum absolute atomic E-state index is 12.9. The SMILES string of the molecule is CC(C)C(NC(=O)C(CCC(N)=O)NC(=O)C(N)CCC(=O)O)C(=O)NC(CCC(N)=O)C(=O)O. The Kier molecular flexibility index (Phi) is 13.6. The Morgan fingerprint density at radius 1 is 0.686 bits per heavy atom. The fourth-order valence-corrected chi connectivity index (χ4v) is 2.84. The number of nitrogens with two attached hydrogens (primary N) is 3. The fourth-order valence-electron chi connectivity index (χ4n) is 2.84. The highest BCUT2D eigenvalue weighted by Crippen LogP contribution is 2.07. The Morgan fingerprint density at radius 3 is 1.60 bits per heavy atom. The molecule has 0 aliphatic carbocycles. The van der Waals surface area contributed by atoms with Gasteiger partial charge in [0.2, 0.25) is 29.5 Å². The molecule has 0 bridgehead atoms. The maximum Gasteiger partial charge on any atom is 0.326 e. The number of carbonyl (C=O) groups is 7. The molecule has 0 aromatic rings. The number of carboxylic acids is 2. The third-order valence-corrected chi connectivity index (χ3v) is 4.86. The molecule has 11 N–H and O–H groups in total. The van der Waals surface area contributed by atoms with E-state index in [1.165, 1.54) is 0 Å². The van der Waals surface area contributed by atoms with Crippen molar-refractivity contribution in [1.82, 2.24) is 16.0 Å². The van der Waals surface area contributed by atoms with Gasteiger partial charge in [-0.3, -0.25) is 28.8 Å². The predicted octanol–water partition coefficient (Wildman–Crippen LogP) is -3.10. The van der Waals surface area contributed by atoms with Gasteiger partial charge in [0, 0.05) is 19.3 Å². The van der Waals surface area contributed by atoms with Crippen molar-refractivity contribution in [1.29, 1.82) is 0 Å². The molecule has 0 fully saturated rings. The Hall–Kier alpha value is -3.75. The van der Waals surface area contributed by atoms with Crippen LogP contribution in [0.4, 0.5) is 0 Å². The average molecular weight is 503 g/mol. The first kappa shape index (κ1) is 31.2. The van der Waals surface area contributed by atoms with Crippen LogP contribution in [0.5, 0.6) is 0 Å².